The minimum absolute atomic E-state index is 0.376. The van der Waals surface area contributed by atoms with E-state index in [9.17, 15) is 4.79 Å². The molecule has 0 aliphatic rings. The molecule has 0 aliphatic carbocycles. The van der Waals surface area contributed by atoms with E-state index < -0.39 is 0 Å². The van der Waals surface area contributed by atoms with Crippen LogP contribution in [0.2, 0.25) is 0 Å². The van der Waals surface area contributed by atoms with Gasteiger partial charge in [-0.25, -0.2) is 4.79 Å². The molecule has 5 rings (SSSR count). The van der Waals surface area contributed by atoms with Crippen molar-refractivity contribution in [3.8, 4) is 11.5 Å². The molecule has 0 radical (unpaired) electrons. The van der Waals surface area contributed by atoms with Gasteiger partial charge in [-0.15, -0.1) is 10.2 Å². The second kappa shape index (κ2) is 6.69. The smallest absolute Gasteiger partial charge is 0.336 e. The molecule has 0 atom stereocenters. The average Bonchev–Trinajstić information content (AvgIpc) is 3.34. The van der Waals surface area contributed by atoms with Crippen LogP contribution in [0.25, 0.3) is 33.2 Å². The number of fused-ring (bicyclic) bond motifs is 3. The summed E-state index contributed by atoms with van der Waals surface area (Å²) in [6.45, 7) is 1.84. The molecule has 0 aliphatic heterocycles. The zero-order chi connectivity index (χ0) is 19.1. The molecule has 3 heterocycles. The van der Waals surface area contributed by atoms with Gasteiger partial charge in [0.15, 0.2) is 0 Å². The van der Waals surface area contributed by atoms with Crippen LogP contribution in [0, 0.1) is 6.92 Å². The summed E-state index contributed by atoms with van der Waals surface area (Å²) >= 11 is 1.38. The van der Waals surface area contributed by atoms with Crippen LogP contribution in [-0.2, 0) is 5.75 Å². The molecule has 0 spiro atoms. The zero-order valence-corrected chi connectivity index (χ0v) is 15.7. The lowest BCUT2D eigenvalue weighted by Gasteiger charge is -2.07. The molecule has 6 nitrogen and oxygen atoms in total. The molecular formula is C21H14N2O4S. The van der Waals surface area contributed by atoms with E-state index in [1.54, 1.807) is 12.3 Å². The average molecular weight is 390 g/mol. The summed E-state index contributed by atoms with van der Waals surface area (Å²) in [5, 5.41) is 11.7. The van der Waals surface area contributed by atoms with Crippen LogP contribution in [0.15, 0.2) is 78.1 Å². The van der Waals surface area contributed by atoms with E-state index in [0.29, 0.717) is 22.4 Å². The number of aromatic nitrogens is 2. The number of furan rings is 1. The fraction of sp³-hybridized carbons (Fsp3) is 0.0952. The summed E-state index contributed by atoms with van der Waals surface area (Å²) < 4.78 is 16.4. The molecule has 0 saturated carbocycles. The highest BCUT2D eigenvalue weighted by molar-refractivity contribution is 7.98. The Hall–Kier alpha value is -3.32. The Bertz CT molecular complexity index is 1370. The fourth-order valence-electron chi connectivity index (χ4n) is 3.26. The van der Waals surface area contributed by atoms with Crippen LogP contribution in [0.4, 0.5) is 0 Å². The first-order chi connectivity index (χ1) is 13.7. The Balaban J connectivity index is 1.52. The minimum atomic E-state index is -0.376. The van der Waals surface area contributed by atoms with E-state index in [4.69, 9.17) is 13.3 Å². The Morgan fingerprint density at radius 3 is 2.79 bits per heavy atom. The predicted octanol–water partition coefficient (Wildman–Crippen LogP) is 5.19. The quantitative estimate of drug-likeness (QED) is 0.237. The standard InChI is InChI=1S/C21H14N2O4S/c1-12-15(8-9-25-12)20-22-23-21(27-20)28-11-14-10-18(24)26-17-7-6-13-4-2-3-5-16(13)19(14)17/h2-10H,11H2,1H3. The van der Waals surface area contributed by atoms with Crippen LogP contribution in [-0.4, -0.2) is 10.2 Å². The van der Waals surface area contributed by atoms with Gasteiger partial charge in [-0.1, -0.05) is 42.1 Å². The van der Waals surface area contributed by atoms with E-state index in [-0.39, 0.29) is 5.63 Å². The Morgan fingerprint density at radius 1 is 1.04 bits per heavy atom. The van der Waals surface area contributed by atoms with Crippen molar-refractivity contribution in [2.45, 2.75) is 17.9 Å². The molecule has 0 unspecified atom stereocenters. The van der Waals surface area contributed by atoms with E-state index >= 15 is 0 Å². The molecule has 138 valence electrons. The van der Waals surface area contributed by atoms with Gasteiger partial charge in [0.25, 0.3) is 11.1 Å². The summed E-state index contributed by atoms with van der Waals surface area (Å²) in [6, 6.07) is 15.1. The summed E-state index contributed by atoms with van der Waals surface area (Å²) in [7, 11) is 0. The van der Waals surface area contributed by atoms with Crippen molar-refractivity contribution < 1.29 is 13.3 Å². The second-order valence-electron chi connectivity index (χ2n) is 6.30. The lowest BCUT2D eigenvalue weighted by molar-refractivity contribution is 0.463. The number of benzene rings is 2. The first-order valence-corrected chi connectivity index (χ1v) is 9.63. The van der Waals surface area contributed by atoms with Gasteiger partial charge in [0.05, 0.1) is 11.8 Å². The first-order valence-electron chi connectivity index (χ1n) is 8.64. The highest BCUT2D eigenvalue weighted by Crippen LogP contribution is 2.32. The lowest BCUT2D eigenvalue weighted by atomic mass is 10.0. The molecule has 0 bridgehead atoms. The highest BCUT2D eigenvalue weighted by atomic mass is 32.2. The van der Waals surface area contributed by atoms with Crippen molar-refractivity contribution in [1.29, 1.82) is 0 Å². The van der Waals surface area contributed by atoms with Crippen molar-refractivity contribution in [1.82, 2.24) is 10.2 Å². The Morgan fingerprint density at radius 2 is 1.93 bits per heavy atom. The Kier molecular flexibility index (Phi) is 4.02. The van der Waals surface area contributed by atoms with Crippen LogP contribution >= 0.6 is 11.8 Å². The van der Waals surface area contributed by atoms with Crippen molar-refractivity contribution in [3.63, 3.8) is 0 Å². The van der Waals surface area contributed by atoms with Gasteiger partial charge in [-0.2, -0.15) is 0 Å². The lowest BCUT2D eigenvalue weighted by Crippen LogP contribution is -2.00. The molecule has 7 heteroatoms. The topological polar surface area (TPSA) is 82.3 Å². The van der Waals surface area contributed by atoms with E-state index in [2.05, 4.69) is 10.2 Å². The zero-order valence-electron chi connectivity index (χ0n) is 14.8. The van der Waals surface area contributed by atoms with Crippen LogP contribution in [0.1, 0.15) is 11.3 Å². The molecule has 0 saturated heterocycles. The third-order valence-corrected chi connectivity index (χ3v) is 5.43. The minimum Gasteiger partial charge on any atom is -0.469 e. The summed E-state index contributed by atoms with van der Waals surface area (Å²) in [6.07, 6.45) is 1.59. The maximum Gasteiger partial charge on any atom is 0.336 e. The van der Waals surface area contributed by atoms with E-state index in [1.165, 1.54) is 17.8 Å². The predicted molar refractivity (Wildman–Crippen MR) is 106 cm³/mol. The van der Waals surface area contributed by atoms with Crippen molar-refractivity contribution in [2.75, 3.05) is 0 Å². The van der Waals surface area contributed by atoms with Crippen molar-refractivity contribution >= 4 is 33.5 Å². The number of rotatable bonds is 4. The molecule has 5 aromatic rings. The molecule has 0 amide bonds. The number of aryl methyl sites for hydroxylation is 1. The largest absolute Gasteiger partial charge is 0.469 e. The van der Waals surface area contributed by atoms with Gasteiger partial charge in [0.2, 0.25) is 0 Å². The molecule has 0 N–H and O–H groups in total. The van der Waals surface area contributed by atoms with Crippen LogP contribution in [0.3, 0.4) is 0 Å². The number of thioether (sulfide) groups is 1. The molecule has 3 aromatic heterocycles. The molecule has 28 heavy (non-hydrogen) atoms. The second-order valence-corrected chi connectivity index (χ2v) is 7.23. The van der Waals surface area contributed by atoms with Gasteiger partial charge in [-0.3, -0.25) is 0 Å². The monoisotopic (exact) mass is 390 g/mol. The van der Waals surface area contributed by atoms with E-state index in [1.807, 2.05) is 43.3 Å². The third kappa shape index (κ3) is 2.90. The van der Waals surface area contributed by atoms with E-state index in [0.717, 1.165) is 33.0 Å². The first kappa shape index (κ1) is 16.8. The normalized spacial score (nSPS) is 11.5. The fourth-order valence-corrected chi connectivity index (χ4v) is 4.00. The van der Waals surface area contributed by atoms with Crippen molar-refractivity contribution in [2.24, 2.45) is 0 Å². The van der Waals surface area contributed by atoms with Gasteiger partial charge >= 0.3 is 5.63 Å². The van der Waals surface area contributed by atoms with Crippen LogP contribution < -0.4 is 5.63 Å². The summed E-state index contributed by atoms with van der Waals surface area (Å²) in [5.74, 6) is 1.64. The molecule has 0 fully saturated rings. The SMILES string of the molecule is Cc1occc1-c1nnc(SCc2cc(=O)oc3ccc4ccccc4c23)o1. The maximum absolute atomic E-state index is 12.0. The van der Waals surface area contributed by atoms with Gasteiger partial charge in [-0.05, 0) is 35.4 Å². The van der Waals surface area contributed by atoms with Gasteiger partial charge < -0.3 is 13.3 Å². The van der Waals surface area contributed by atoms with Gasteiger partial charge in [0.1, 0.15) is 11.3 Å². The summed E-state index contributed by atoms with van der Waals surface area (Å²) in [4.78, 5) is 12.0. The third-order valence-electron chi connectivity index (χ3n) is 4.56. The molecule has 2 aromatic carbocycles. The molecular weight excluding hydrogens is 376 g/mol. The number of hydrogen-bond donors (Lipinski definition) is 0. The number of hydrogen-bond acceptors (Lipinski definition) is 7. The summed E-state index contributed by atoms with van der Waals surface area (Å²) in [5.41, 5.74) is 1.84. The van der Waals surface area contributed by atoms with Crippen LogP contribution in [0.5, 0.6) is 0 Å². The highest BCUT2D eigenvalue weighted by Gasteiger charge is 2.15. The maximum atomic E-state index is 12.0. The Labute approximate surface area is 163 Å². The number of nitrogens with zero attached hydrogens (tertiary/aromatic N) is 2. The van der Waals surface area contributed by atoms with Crippen molar-refractivity contribution in [3.05, 3.63) is 76.5 Å². The van der Waals surface area contributed by atoms with Gasteiger partial charge in [0, 0.05) is 17.2 Å².